The van der Waals surface area contributed by atoms with E-state index in [0.29, 0.717) is 25.5 Å². The van der Waals surface area contributed by atoms with Crippen molar-refractivity contribution in [1.29, 1.82) is 0 Å². The van der Waals surface area contributed by atoms with E-state index in [-0.39, 0.29) is 12.2 Å². The lowest BCUT2D eigenvalue weighted by Crippen LogP contribution is -2.36. The molecule has 0 saturated carbocycles. The Labute approximate surface area is 180 Å². The van der Waals surface area contributed by atoms with Gasteiger partial charge in [-0.2, -0.15) is 0 Å². The van der Waals surface area contributed by atoms with E-state index in [9.17, 15) is 9.90 Å². The van der Waals surface area contributed by atoms with Crippen LogP contribution in [0.3, 0.4) is 0 Å². The van der Waals surface area contributed by atoms with Crippen LogP contribution in [-0.4, -0.2) is 45.8 Å². The van der Waals surface area contributed by atoms with E-state index in [1.807, 2.05) is 30.3 Å². The van der Waals surface area contributed by atoms with Gasteiger partial charge in [-0.1, -0.05) is 37.3 Å². The number of hydrogen-bond donors (Lipinski definition) is 2. The summed E-state index contributed by atoms with van der Waals surface area (Å²) < 4.78 is 5.67. The topological polar surface area (TPSA) is 78.5 Å². The Morgan fingerprint density at radius 3 is 2.93 bits per heavy atom. The van der Waals surface area contributed by atoms with E-state index in [1.54, 1.807) is 11.3 Å². The van der Waals surface area contributed by atoms with Crippen LogP contribution in [0, 0.1) is 0 Å². The smallest absolute Gasteiger partial charge is 0.259 e. The summed E-state index contributed by atoms with van der Waals surface area (Å²) in [6.45, 7) is 4.67. The predicted molar refractivity (Wildman–Crippen MR) is 120 cm³/mol. The van der Waals surface area contributed by atoms with Crippen LogP contribution in [0.25, 0.3) is 10.2 Å². The Bertz CT molecular complexity index is 1030. The first-order chi connectivity index (χ1) is 14.6. The van der Waals surface area contributed by atoms with E-state index in [1.165, 1.54) is 10.4 Å². The molecule has 0 spiro atoms. The highest BCUT2D eigenvalue weighted by Gasteiger charge is 2.21. The number of nitrogens with one attached hydrogen (secondary N) is 1. The highest BCUT2D eigenvalue weighted by atomic mass is 32.1. The first kappa shape index (κ1) is 21.2. The van der Waals surface area contributed by atoms with E-state index >= 15 is 0 Å². The molecule has 0 aliphatic heterocycles. The Morgan fingerprint density at radius 1 is 1.30 bits per heavy atom. The molecular formula is C23H29N3O3S. The third-order valence-corrected chi connectivity index (χ3v) is 6.61. The van der Waals surface area contributed by atoms with E-state index in [4.69, 9.17) is 9.72 Å². The number of fused-ring (bicyclic) bond motifs is 3. The van der Waals surface area contributed by atoms with Crippen molar-refractivity contribution >= 4 is 21.6 Å². The molecule has 1 atom stereocenters. The highest BCUT2D eigenvalue weighted by molar-refractivity contribution is 7.18. The SMILES string of the molecule is CCCN(Cc1nc2sc3c(c2c(=O)[nH]1)CCC3)CC(O)COCc1ccccc1. The van der Waals surface area contributed by atoms with Crippen molar-refractivity contribution in [2.24, 2.45) is 0 Å². The van der Waals surface area contributed by atoms with Crippen molar-refractivity contribution < 1.29 is 9.84 Å². The Kier molecular flexibility index (Phi) is 6.94. The van der Waals surface area contributed by atoms with Crippen molar-refractivity contribution in [2.45, 2.75) is 51.9 Å². The zero-order chi connectivity index (χ0) is 20.9. The molecule has 0 fully saturated rings. The fourth-order valence-corrected chi connectivity index (χ4v) is 5.40. The standard InChI is InChI=1S/C23H29N3O3S/c1-2-11-26(12-17(27)15-29-14-16-7-4-3-5-8-16)13-20-24-22(28)21-18-9-6-10-19(18)30-23(21)25-20/h3-5,7-8,17,27H,2,6,9-15H2,1H3,(H,24,25,28). The normalized spacial score (nSPS) is 14.5. The van der Waals surface area contributed by atoms with Crippen LogP contribution in [0.5, 0.6) is 0 Å². The zero-order valence-corrected chi connectivity index (χ0v) is 18.2. The summed E-state index contributed by atoms with van der Waals surface area (Å²) in [6.07, 6.45) is 3.53. The van der Waals surface area contributed by atoms with Gasteiger partial charge in [0.05, 0.1) is 31.2 Å². The van der Waals surface area contributed by atoms with Crippen LogP contribution in [-0.2, 0) is 30.7 Å². The summed E-state index contributed by atoms with van der Waals surface area (Å²) in [5.74, 6) is 0.665. The summed E-state index contributed by atoms with van der Waals surface area (Å²) in [4.78, 5) is 24.7. The molecule has 1 aliphatic rings. The van der Waals surface area contributed by atoms with E-state index in [0.717, 1.165) is 48.0 Å². The van der Waals surface area contributed by atoms with Crippen LogP contribution in [0.15, 0.2) is 35.1 Å². The molecule has 0 saturated heterocycles. The van der Waals surface area contributed by atoms with Gasteiger partial charge in [-0.3, -0.25) is 9.69 Å². The van der Waals surface area contributed by atoms with E-state index < -0.39 is 6.10 Å². The van der Waals surface area contributed by atoms with Gasteiger partial charge in [0, 0.05) is 11.4 Å². The zero-order valence-electron chi connectivity index (χ0n) is 17.4. The third-order valence-electron chi connectivity index (χ3n) is 5.43. The molecule has 1 aliphatic carbocycles. The van der Waals surface area contributed by atoms with Crippen molar-refractivity contribution in [3.63, 3.8) is 0 Å². The number of H-pyrrole nitrogens is 1. The number of aromatic amines is 1. The molecule has 3 aromatic rings. The van der Waals surface area contributed by atoms with Gasteiger partial charge in [0.1, 0.15) is 10.7 Å². The summed E-state index contributed by atoms with van der Waals surface area (Å²) >= 11 is 1.66. The number of benzene rings is 1. The Morgan fingerprint density at radius 2 is 2.13 bits per heavy atom. The molecule has 2 N–H and O–H groups in total. The van der Waals surface area contributed by atoms with Crippen LogP contribution < -0.4 is 5.56 Å². The molecule has 1 unspecified atom stereocenters. The van der Waals surface area contributed by atoms with Crippen molar-refractivity contribution in [1.82, 2.24) is 14.9 Å². The number of aliphatic hydroxyl groups excluding tert-OH is 1. The van der Waals surface area contributed by atoms with Crippen LogP contribution in [0.2, 0.25) is 0 Å². The molecule has 1 aromatic carbocycles. The lowest BCUT2D eigenvalue weighted by Gasteiger charge is -2.24. The van der Waals surface area contributed by atoms with Gasteiger partial charge < -0.3 is 14.8 Å². The van der Waals surface area contributed by atoms with Gasteiger partial charge in [-0.25, -0.2) is 4.98 Å². The number of hydrogen-bond acceptors (Lipinski definition) is 6. The van der Waals surface area contributed by atoms with Gasteiger partial charge >= 0.3 is 0 Å². The number of nitrogens with zero attached hydrogens (tertiary/aromatic N) is 2. The molecule has 2 aromatic heterocycles. The summed E-state index contributed by atoms with van der Waals surface area (Å²) in [7, 11) is 0. The average molecular weight is 428 g/mol. The minimum atomic E-state index is -0.596. The fourth-order valence-electron chi connectivity index (χ4n) is 4.12. The first-order valence-electron chi connectivity index (χ1n) is 10.7. The highest BCUT2D eigenvalue weighted by Crippen LogP contribution is 2.34. The number of thiophene rings is 1. The maximum Gasteiger partial charge on any atom is 0.259 e. The quantitative estimate of drug-likeness (QED) is 0.519. The number of rotatable bonds is 10. The van der Waals surface area contributed by atoms with Gasteiger partial charge in [-0.05, 0) is 43.4 Å². The molecule has 0 radical (unpaired) electrons. The number of aromatic nitrogens is 2. The van der Waals surface area contributed by atoms with Gasteiger partial charge in [-0.15, -0.1) is 11.3 Å². The first-order valence-corrected chi connectivity index (χ1v) is 11.5. The Balaban J connectivity index is 1.37. The second kappa shape index (κ2) is 9.83. The second-order valence-corrected chi connectivity index (χ2v) is 9.02. The lowest BCUT2D eigenvalue weighted by molar-refractivity contribution is 0.00820. The molecule has 6 nitrogen and oxygen atoms in total. The number of aliphatic hydroxyl groups is 1. The lowest BCUT2D eigenvalue weighted by atomic mass is 10.2. The molecular weight excluding hydrogens is 398 g/mol. The fraction of sp³-hybridized carbons (Fsp3) is 0.478. The molecule has 0 bridgehead atoms. The molecule has 30 heavy (non-hydrogen) atoms. The van der Waals surface area contributed by atoms with Crippen molar-refractivity contribution in [3.8, 4) is 0 Å². The van der Waals surface area contributed by atoms with Gasteiger partial charge in [0.15, 0.2) is 0 Å². The summed E-state index contributed by atoms with van der Waals surface area (Å²) in [5.41, 5.74) is 2.26. The van der Waals surface area contributed by atoms with Crippen LogP contribution in [0.1, 0.15) is 41.6 Å². The van der Waals surface area contributed by atoms with Crippen LogP contribution >= 0.6 is 11.3 Å². The molecule has 7 heteroatoms. The van der Waals surface area contributed by atoms with Crippen molar-refractivity contribution in [2.75, 3.05) is 19.7 Å². The number of ether oxygens (including phenoxy) is 1. The molecule has 2 heterocycles. The number of aryl methyl sites for hydroxylation is 2. The van der Waals surface area contributed by atoms with Gasteiger partial charge in [0.25, 0.3) is 5.56 Å². The third kappa shape index (κ3) is 4.98. The van der Waals surface area contributed by atoms with Crippen LogP contribution in [0.4, 0.5) is 0 Å². The predicted octanol–water partition coefficient (Wildman–Crippen LogP) is 3.26. The largest absolute Gasteiger partial charge is 0.389 e. The molecule has 0 amide bonds. The summed E-state index contributed by atoms with van der Waals surface area (Å²) in [6, 6.07) is 9.94. The summed E-state index contributed by atoms with van der Waals surface area (Å²) in [5, 5.41) is 11.2. The Hall–Kier alpha value is -2.06. The monoisotopic (exact) mass is 427 g/mol. The average Bonchev–Trinajstić information content (AvgIpc) is 3.30. The maximum atomic E-state index is 12.7. The van der Waals surface area contributed by atoms with Gasteiger partial charge in [0.2, 0.25) is 0 Å². The second-order valence-electron chi connectivity index (χ2n) is 7.94. The minimum Gasteiger partial charge on any atom is -0.389 e. The van der Waals surface area contributed by atoms with E-state index in [2.05, 4.69) is 16.8 Å². The molecule has 4 rings (SSSR count). The molecule has 160 valence electrons. The maximum absolute atomic E-state index is 12.7. The van der Waals surface area contributed by atoms with Crippen molar-refractivity contribution in [3.05, 3.63) is 62.5 Å². The minimum absolute atomic E-state index is 0.0300.